The summed E-state index contributed by atoms with van der Waals surface area (Å²) in [6, 6.07) is -0.193. The molecule has 0 saturated heterocycles. The van der Waals surface area contributed by atoms with Crippen LogP contribution in [-0.4, -0.2) is 37.5 Å². The van der Waals surface area contributed by atoms with E-state index in [1.807, 2.05) is 20.8 Å². The molecule has 0 bridgehead atoms. The molecule has 106 valence electrons. The molecular weight excluding hydrogens is 268 g/mol. The zero-order valence-electron chi connectivity index (χ0n) is 11.2. The number of rotatable bonds is 7. The molecule has 1 heterocycles. The fourth-order valence-corrected chi connectivity index (χ4v) is 2.47. The maximum atomic E-state index is 11.0. The molecule has 1 aromatic rings. The number of hydrogen-bond donors (Lipinski definition) is 2. The monoisotopic (exact) mass is 286 g/mol. The second-order valence-corrected chi connectivity index (χ2v) is 5.51. The summed E-state index contributed by atoms with van der Waals surface area (Å²) in [4.78, 5) is 21.7. The van der Waals surface area contributed by atoms with Gasteiger partial charge in [-0.3, -0.25) is 9.59 Å². The minimum atomic E-state index is -0.923. The topological polar surface area (TPSA) is 111 Å². The van der Waals surface area contributed by atoms with Gasteiger partial charge in [0.15, 0.2) is 5.16 Å². The second kappa shape index (κ2) is 6.55. The number of carbonyl (C=O) groups is 2. The fraction of sp³-hybridized carbons (Fsp3) is 0.636. The van der Waals surface area contributed by atoms with Crippen LogP contribution >= 0.6 is 11.8 Å². The van der Waals surface area contributed by atoms with Gasteiger partial charge in [0.25, 0.3) is 0 Å². The van der Waals surface area contributed by atoms with Gasteiger partial charge in [0.05, 0.1) is 5.75 Å². The van der Waals surface area contributed by atoms with Crippen molar-refractivity contribution in [3.8, 4) is 0 Å². The molecule has 1 unspecified atom stereocenters. The molecule has 1 rings (SSSR count). The first-order valence-corrected chi connectivity index (χ1v) is 6.89. The molecule has 1 aromatic heterocycles. The van der Waals surface area contributed by atoms with Crippen molar-refractivity contribution < 1.29 is 14.7 Å². The number of amides is 1. The van der Waals surface area contributed by atoms with Crippen molar-refractivity contribution in [2.75, 3.05) is 5.75 Å². The number of thioether (sulfide) groups is 1. The number of hydrogen-bond acceptors (Lipinski definition) is 5. The summed E-state index contributed by atoms with van der Waals surface area (Å²) in [5.41, 5.74) is 5.20. The van der Waals surface area contributed by atoms with Crippen LogP contribution < -0.4 is 5.73 Å². The van der Waals surface area contributed by atoms with E-state index in [2.05, 4.69) is 10.2 Å². The number of carbonyl (C=O) groups excluding carboxylic acids is 1. The van der Waals surface area contributed by atoms with Crippen molar-refractivity contribution in [2.24, 2.45) is 5.73 Å². The lowest BCUT2D eigenvalue weighted by Gasteiger charge is -2.17. The van der Waals surface area contributed by atoms with Gasteiger partial charge < -0.3 is 15.4 Å². The Bertz CT molecular complexity index is 473. The van der Waals surface area contributed by atoms with E-state index < -0.39 is 11.9 Å². The Kier molecular flexibility index (Phi) is 5.34. The predicted molar refractivity (Wildman–Crippen MR) is 71.0 cm³/mol. The van der Waals surface area contributed by atoms with Crippen LogP contribution in [0.5, 0.6) is 0 Å². The molecule has 3 N–H and O–H groups in total. The second-order valence-electron chi connectivity index (χ2n) is 4.57. The number of nitrogens with two attached hydrogens (primary N) is 1. The van der Waals surface area contributed by atoms with Gasteiger partial charge in [0, 0.05) is 18.4 Å². The van der Waals surface area contributed by atoms with E-state index in [-0.39, 0.29) is 24.1 Å². The van der Waals surface area contributed by atoms with Gasteiger partial charge in [-0.25, -0.2) is 0 Å². The highest BCUT2D eigenvalue weighted by Crippen LogP contribution is 2.26. The molecule has 0 fully saturated rings. The third-order valence-electron chi connectivity index (χ3n) is 2.47. The fourth-order valence-electron chi connectivity index (χ4n) is 1.70. The number of nitrogens with zero attached hydrogens (tertiary/aromatic N) is 3. The third kappa shape index (κ3) is 4.23. The summed E-state index contributed by atoms with van der Waals surface area (Å²) >= 11 is 1.09. The minimum absolute atomic E-state index is 0.0977. The number of aliphatic carboxylic acids is 1. The van der Waals surface area contributed by atoms with Crippen molar-refractivity contribution >= 4 is 23.6 Å². The Morgan fingerprint density at radius 3 is 2.47 bits per heavy atom. The highest BCUT2D eigenvalue weighted by Gasteiger charge is 2.21. The van der Waals surface area contributed by atoms with Gasteiger partial charge in [-0.15, -0.1) is 10.2 Å². The van der Waals surface area contributed by atoms with E-state index >= 15 is 0 Å². The molecule has 19 heavy (non-hydrogen) atoms. The third-order valence-corrected chi connectivity index (χ3v) is 3.40. The molecule has 1 amide bonds. The van der Waals surface area contributed by atoms with Crippen LogP contribution in [-0.2, 0) is 9.59 Å². The summed E-state index contributed by atoms with van der Waals surface area (Å²) < 4.78 is 1.79. The first kappa shape index (κ1) is 15.5. The molecule has 0 spiro atoms. The van der Waals surface area contributed by atoms with E-state index in [0.29, 0.717) is 5.16 Å². The minimum Gasteiger partial charge on any atom is -0.481 e. The van der Waals surface area contributed by atoms with Crippen molar-refractivity contribution in [2.45, 2.75) is 44.3 Å². The molecule has 0 radical (unpaired) electrons. The van der Waals surface area contributed by atoms with Crippen LogP contribution in [0.1, 0.15) is 45.0 Å². The molecule has 0 aliphatic carbocycles. The molecule has 0 aromatic carbocycles. The van der Waals surface area contributed by atoms with Crippen molar-refractivity contribution in [1.29, 1.82) is 0 Å². The largest absolute Gasteiger partial charge is 0.481 e. The van der Waals surface area contributed by atoms with Crippen molar-refractivity contribution in [3.05, 3.63) is 5.82 Å². The summed E-state index contributed by atoms with van der Waals surface area (Å²) in [7, 11) is 0. The van der Waals surface area contributed by atoms with Crippen molar-refractivity contribution in [1.82, 2.24) is 14.8 Å². The average molecular weight is 286 g/mol. The molecule has 1 atom stereocenters. The average Bonchev–Trinajstić information content (AvgIpc) is 2.68. The van der Waals surface area contributed by atoms with Crippen LogP contribution in [0.25, 0.3) is 0 Å². The zero-order chi connectivity index (χ0) is 14.6. The summed E-state index contributed by atoms with van der Waals surface area (Å²) in [5.74, 6) is -0.582. The number of primary amides is 1. The van der Waals surface area contributed by atoms with E-state index in [9.17, 15) is 9.59 Å². The first-order valence-electron chi connectivity index (χ1n) is 5.90. The Balaban J connectivity index is 3.03. The first-order chi connectivity index (χ1) is 8.82. The van der Waals surface area contributed by atoms with Gasteiger partial charge in [0.2, 0.25) is 5.91 Å². The Hall–Kier alpha value is -1.57. The maximum Gasteiger partial charge on any atom is 0.313 e. The van der Waals surface area contributed by atoms with Gasteiger partial charge >= 0.3 is 5.97 Å². The molecule has 8 heteroatoms. The van der Waals surface area contributed by atoms with Crippen LogP contribution in [0.3, 0.4) is 0 Å². The lowest BCUT2D eigenvalue weighted by molar-refractivity contribution is -0.134. The van der Waals surface area contributed by atoms with Crippen LogP contribution in [0.4, 0.5) is 0 Å². The van der Waals surface area contributed by atoms with E-state index in [1.165, 1.54) is 0 Å². The molecule has 0 aliphatic rings. The highest BCUT2D eigenvalue weighted by molar-refractivity contribution is 7.99. The van der Waals surface area contributed by atoms with E-state index in [1.54, 1.807) is 4.57 Å². The van der Waals surface area contributed by atoms with E-state index in [0.717, 1.165) is 17.6 Å². The predicted octanol–water partition coefficient (Wildman–Crippen LogP) is 1.01. The normalized spacial score (nSPS) is 12.6. The Labute approximate surface area is 115 Å². The SMILES string of the molecule is CC(C)c1nnc(SCC(=O)O)n1C(C)CC(N)=O. The van der Waals surface area contributed by atoms with E-state index in [4.69, 9.17) is 10.8 Å². The lowest BCUT2D eigenvalue weighted by Crippen LogP contribution is -2.20. The standard InChI is InChI=1S/C11H18N4O3S/c1-6(2)10-13-14-11(19-5-9(17)18)15(10)7(3)4-8(12)16/h6-7H,4-5H2,1-3H3,(H2,12,16)(H,17,18). The highest BCUT2D eigenvalue weighted by atomic mass is 32.2. The van der Waals surface area contributed by atoms with Gasteiger partial charge in [-0.2, -0.15) is 0 Å². The molecule has 7 nitrogen and oxygen atoms in total. The van der Waals surface area contributed by atoms with Gasteiger partial charge in [-0.05, 0) is 6.92 Å². The van der Waals surface area contributed by atoms with Gasteiger partial charge in [0.1, 0.15) is 5.82 Å². The Morgan fingerprint density at radius 2 is 2.00 bits per heavy atom. The summed E-state index contributed by atoms with van der Waals surface area (Å²) in [6.07, 6.45) is 0.165. The van der Waals surface area contributed by atoms with Gasteiger partial charge in [-0.1, -0.05) is 25.6 Å². The smallest absolute Gasteiger partial charge is 0.313 e. The Morgan fingerprint density at radius 1 is 1.37 bits per heavy atom. The number of carboxylic acid groups (broad SMARTS) is 1. The zero-order valence-corrected chi connectivity index (χ0v) is 12.0. The quantitative estimate of drug-likeness (QED) is 0.724. The van der Waals surface area contributed by atoms with Crippen LogP contribution in [0.2, 0.25) is 0 Å². The summed E-state index contributed by atoms with van der Waals surface area (Å²) in [5, 5.41) is 17.3. The van der Waals surface area contributed by atoms with Crippen molar-refractivity contribution in [3.63, 3.8) is 0 Å². The lowest BCUT2D eigenvalue weighted by atomic mass is 10.1. The molecule has 0 aliphatic heterocycles. The molecule has 0 saturated carbocycles. The van der Waals surface area contributed by atoms with Crippen LogP contribution in [0, 0.1) is 0 Å². The molecular formula is C11H18N4O3S. The number of carboxylic acids is 1. The van der Waals surface area contributed by atoms with Crippen LogP contribution in [0.15, 0.2) is 5.16 Å². The summed E-state index contributed by atoms with van der Waals surface area (Å²) in [6.45, 7) is 5.76. The maximum absolute atomic E-state index is 11.0. The number of aromatic nitrogens is 3.